The maximum Gasteiger partial charge on any atom is 0.185 e. The Hall–Kier alpha value is -3.06. The molecular weight excluding hydrogens is 360 g/mol. The van der Waals surface area contributed by atoms with E-state index in [0.717, 1.165) is 16.3 Å². The van der Waals surface area contributed by atoms with E-state index >= 15 is 0 Å². The minimum Gasteiger partial charge on any atom is -0.493 e. The molecule has 0 unspecified atom stereocenters. The maximum atomic E-state index is 5.39. The summed E-state index contributed by atoms with van der Waals surface area (Å²) in [4.78, 5) is 0. The normalized spacial score (nSPS) is 10.9. The highest BCUT2D eigenvalue weighted by Crippen LogP contribution is 2.32. The van der Waals surface area contributed by atoms with Gasteiger partial charge in [-0.15, -0.1) is 10.2 Å². The van der Waals surface area contributed by atoms with Gasteiger partial charge < -0.3 is 9.47 Å². The predicted molar refractivity (Wildman–Crippen MR) is 105 cm³/mol. The van der Waals surface area contributed by atoms with Crippen molar-refractivity contribution in [2.24, 2.45) is 0 Å². The van der Waals surface area contributed by atoms with Crippen molar-refractivity contribution in [1.82, 2.24) is 19.8 Å². The standard InChI is InChI=1S/C20H18N4O2S/c1-25-16-9-8-15(12-17(16)26-2)20-22-21-18-10-11-19(23-24(18)20)27-13-14-6-4-3-5-7-14/h3-12H,13H2,1-2H3. The van der Waals surface area contributed by atoms with Crippen LogP contribution in [0.4, 0.5) is 0 Å². The fourth-order valence-electron chi connectivity index (χ4n) is 2.74. The molecule has 27 heavy (non-hydrogen) atoms. The largest absolute Gasteiger partial charge is 0.493 e. The lowest BCUT2D eigenvalue weighted by atomic mass is 10.2. The van der Waals surface area contributed by atoms with Crippen LogP contribution in [0.25, 0.3) is 17.0 Å². The highest BCUT2D eigenvalue weighted by atomic mass is 32.2. The first-order valence-corrected chi connectivity index (χ1v) is 9.38. The first kappa shape index (κ1) is 17.4. The molecule has 2 heterocycles. The van der Waals surface area contributed by atoms with Gasteiger partial charge in [0.15, 0.2) is 23.0 Å². The van der Waals surface area contributed by atoms with Crippen molar-refractivity contribution in [3.63, 3.8) is 0 Å². The summed E-state index contributed by atoms with van der Waals surface area (Å²) in [5.41, 5.74) is 2.81. The van der Waals surface area contributed by atoms with Gasteiger partial charge in [0, 0.05) is 11.3 Å². The maximum absolute atomic E-state index is 5.39. The van der Waals surface area contributed by atoms with Crippen LogP contribution in [0.3, 0.4) is 0 Å². The summed E-state index contributed by atoms with van der Waals surface area (Å²) in [6.45, 7) is 0. The Morgan fingerprint density at radius 3 is 2.48 bits per heavy atom. The minimum absolute atomic E-state index is 0.640. The molecule has 7 heteroatoms. The lowest BCUT2D eigenvalue weighted by molar-refractivity contribution is 0.355. The fourth-order valence-corrected chi connectivity index (χ4v) is 3.55. The Labute approximate surface area is 161 Å². The molecule has 0 radical (unpaired) electrons. The van der Waals surface area contributed by atoms with E-state index in [-0.39, 0.29) is 0 Å². The monoisotopic (exact) mass is 378 g/mol. The van der Waals surface area contributed by atoms with E-state index in [9.17, 15) is 0 Å². The third-order valence-corrected chi connectivity index (χ3v) is 5.10. The zero-order chi connectivity index (χ0) is 18.6. The van der Waals surface area contributed by atoms with Crippen LogP contribution in [-0.4, -0.2) is 34.0 Å². The number of fused-ring (bicyclic) bond motifs is 1. The van der Waals surface area contributed by atoms with Gasteiger partial charge in [0.05, 0.1) is 14.2 Å². The van der Waals surface area contributed by atoms with Crippen molar-refractivity contribution in [3.8, 4) is 22.9 Å². The molecular formula is C20H18N4O2S. The molecule has 0 spiro atoms. The number of nitrogens with zero attached hydrogens (tertiary/aromatic N) is 4. The molecule has 136 valence electrons. The second kappa shape index (κ2) is 7.67. The lowest BCUT2D eigenvalue weighted by Gasteiger charge is -2.08. The Balaban J connectivity index is 1.66. The summed E-state index contributed by atoms with van der Waals surface area (Å²) in [5, 5.41) is 14.1. The van der Waals surface area contributed by atoms with Crippen molar-refractivity contribution >= 4 is 17.4 Å². The second-order valence-electron chi connectivity index (χ2n) is 5.81. The van der Waals surface area contributed by atoms with Gasteiger partial charge >= 0.3 is 0 Å². The quantitative estimate of drug-likeness (QED) is 0.471. The first-order valence-electron chi connectivity index (χ1n) is 8.40. The molecule has 0 aliphatic carbocycles. The van der Waals surface area contributed by atoms with E-state index < -0.39 is 0 Å². The van der Waals surface area contributed by atoms with Gasteiger partial charge in [0.1, 0.15) is 5.03 Å². The molecule has 2 aromatic heterocycles. The van der Waals surface area contributed by atoms with Crippen LogP contribution >= 0.6 is 11.8 Å². The van der Waals surface area contributed by atoms with Gasteiger partial charge in [0.2, 0.25) is 0 Å². The summed E-state index contributed by atoms with van der Waals surface area (Å²) in [5.74, 6) is 2.82. The number of hydrogen-bond acceptors (Lipinski definition) is 6. The molecule has 0 aliphatic rings. The molecule has 0 N–H and O–H groups in total. The van der Waals surface area contributed by atoms with E-state index in [0.29, 0.717) is 23.0 Å². The van der Waals surface area contributed by atoms with Crippen LogP contribution in [0.5, 0.6) is 11.5 Å². The third kappa shape index (κ3) is 3.59. The number of benzene rings is 2. The Bertz CT molecular complexity index is 1070. The number of ether oxygens (including phenoxy) is 2. The SMILES string of the molecule is COc1ccc(-c2nnc3ccc(SCc4ccccc4)nn23)cc1OC. The van der Waals surface area contributed by atoms with Crippen molar-refractivity contribution in [1.29, 1.82) is 0 Å². The number of methoxy groups -OCH3 is 2. The molecule has 0 saturated carbocycles. The molecule has 0 fully saturated rings. The van der Waals surface area contributed by atoms with Gasteiger partial charge in [-0.2, -0.15) is 9.61 Å². The smallest absolute Gasteiger partial charge is 0.185 e. The molecule has 0 amide bonds. The average Bonchev–Trinajstić information content (AvgIpc) is 3.15. The minimum atomic E-state index is 0.640. The van der Waals surface area contributed by atoms with Gasteiger partial charge in [-0.25, -0.2) is 0 Å². The number of hydrogen-bond donors (Lipinski definition) is 0. The number of aromatic nitrogens is 4. The molecule has 0 atom stereocenters. The van der Waals surface area contributed by atoms with Crippen molar-refractivity contribution in [2.75, 3.05) is 14.2 Å². The Morgan fingerprint density at radius 2 is 1.70 bits per heavy atom. The zero-order valence-electron chi connectivity index (χ0n) is 15.0. The molecule has 0 bridgehead atoms. The van der Waals surface area contributed by atoms with Crippen LogP contribution < -0.4 is 9.47 Å². The summed E-state index contributed by atoms with van der Waals surface area (Å²) < 4.78 is 12.5. The second-order valence-corrected chi connectivity index (χ2v) is 6.80. The Morgan fingerprint density at radius 1 is 0.889 bits per heavy atom. The number of rotatable bonds is 6. The summed E-state index contributed by atoms with van der Waals surface area (Å²) in [6.07, 6.45) is 0. The van der Waals surface area contributed by atoms with Crippen LogP contribution in [0.1, 0.15) is 5.56 Å². The summed E-state index contributed by atoms with van der Waals surface area (Å²) in [6, 6.07) is 19.9. The Kier molecular flexibility index (Phi) is 4.93. The topological polar surface area (TPSA) is 61.5 Å². The molecule has 6 nitrogen and oxygen atoms in total. The van der Waals surface area contributed by atoms with Crippen LogP contribution in [0.15, 0.2) is 65.7 Å². The van der Waals surface area contributed by atoms with E-state index in [1.54, 1.807) is 30.5 Å². The molecule has 0 aliphatic heterocycles. The van der Waals surface area contributed by atoms with E-state index in [1.165, 1.54) is 5.56 Å². The van der Waals surface area contributed by atoms with Crippen LogP contribution in [0.2, 0.25) is 0 Å². The zero-order valence-corrected chi connectivity index (χ0v) is 15.8. The van der Waals surface area contributed by atoms with Gasteiger partial charge in [-0.05, 0) is 35.9 Å². The van der Waals surface area contributed by atoms with E-state index in [2.05, 4.69) is 22.3 Å². The average molecular weight is 378 g/mol. The van der Waals surface area contributed by atoms with Gasteiger partial charge in [0.25, 0.3) is 0 Å². The van der Waals surface area contributed by atoms with Crippen molar-refractivity contribution < 1.29 is 9.47 Å². The first-order chi connectivity index (χ1) is 13.3. The third-order valence-electron chi connectivity index (χ3n) is 4.11. The number of thioether (sulfide) groups is 1. The highest BCUT2D eigenvalue weighted by Gasteiger charge is 2.13. The summed E-state index contributed by atoms with van der Waals surface area (Å²) >= 11 is 1.68. The highest BCUT2D eigenvalue weighted by molar-refractivity contribution is 7.98. The lowest BCUT2D eigenvalue weighted by Crippen LogP contribution is -1.97. The summed E-state index contributed by atoms with van der Waals surface area (Å²) in [7, 11) is 3.22. The molecule has 0 saturated heterocycles. The van der Waals surface area contributed by atoms with Crippen LogP contribution in [0, 0.1) is 0 Å². The van der Waals surface area contributed by atoms with Crippen LogP contribution in [-0.2, 0) is 5.75 Å². The molecule has 4 aromatic rings. The van der Waals surface area contributed by atoms with E-state index in [1.807, 2.05) is 48.5 Å². The van der Waals surface area contributed by atoms with E-state index in [4.69, 9.17) is 14.6 Å². The molecule has 4 rings (SSSR count). The molecule has 2 aromatic carbocycles. The van der Waals surface area contributed by atoms with Crippen molar-refractivity contribution in [3.05, 3.63) is 66.2 Å². The van der Waals surface area contributed by atoms with Gasteiger partial charge in [-0.1, -0.05) is 42.1 Å². The van der Waals surface area contributed by atoms with Gasteiger partial charge in [-0.3, -0.25) is 0 Å². The fraction of sp³-hybridized carbons (Fsp3) is 0.150. The van der Waals surface area contributed by atoms with Crippen molar-refractivity contribution in [2.45, 2.75) is 10.8 Å². The predicted octanol–water partition coefficient (Wildman–Crippen LogP) is 4.10.